The van der Waals surface area contributed by atoms with Crippen LogP contribution in [0.1, 0.15) is 30.6 Å². The first kappa shape index (κ1) is 12.0. The molecule has 2 rings (SSSR count). The van der Waals surface area contributed by atoms with Crippen LogP contribution in [-0.4, -0.2) is 35.4 Å². The van der Waals surface area contributed by atoms with E-state index in [1.165, 1.54) is 5.56 Å². The van der Waals surface area contributed by atoms with Gasteiger partial charge in [0.1, 0.15) is 0 Å². The van der Waals surface area contributed by atoms with Gasteiger partial charge in [-0.3, -0.25) is 9.78 Å². The Bertz CT molecular complexity index is 405. The summed E-state index contributed by atoms with van der Waals surface area (Å²) >= 11 is 0. The summed E-state index contributed by atoms with van der Waals surface area (Å²) in [6.45, 7) is 6.33. The molecule has 1 atom stereocenters. The van der Waals surface area contributed by atoms with Gasteiger partial charge in [-0.2, -0.15) is 0 Å². The lowest BCUT2D eigenvalue weighted by Crippen LogP contribution is -2.48. The minimum Gasteiger partial charge on any atom is -0.340 e. The number of carbonyl (C=O) groups excluding carboxylic acids is 1. The number of pyridine rings is 1. The first-order valence-electron chi connectivity index (χ1n) is 6.15. The molecule has 2 heterocycles. The fraction of sp³-hybridized carbons (Fsp3) is 0.538. The monoisotopic (exact) mass is 233 g/mol. The summed E-state index contributed by atoms with van der Waals surface area (Å²) in [7, 11) is 0. The zero-order valence-corrected chi connectivity index (χ0v) is 10.4. The Morgan fingerprint density at radius 2 is 2.47 bits per heavy atom. The van der Waals surface area contributed by atoms with Gasteiger partial charge in [-0.05, 0) is 18.6 Å². The number of amides is 1. The van der Waals surface area contributed by atoms with Gasteiger partial charge < -0.3 is 10.2 Å². The number of hydrogen-bond acceptors (Lipinski definition) is 3. The maximum atomic E-state index is 11.7. The van der Waals surface area contributed by atoms with Crippen molar-refractivity contribution in [3.8, 4) is 0 Å². The molecule has 0 spiro atoms. The Hall–Kier alpha value is -1.42. The van der Waals surface area contributed by atoms with Crippen LogP contribution in [0.5, 0.6) is 0 Å². The van der Waals surface area contributed by atoms with E-state index in [4.69, 9.17) is 0 Å². The highest BCUT2D eigenvalue weighted by Crippen LogP contribution is 2.19. The summed E-state index contributed by atoms with van der Waals surface area (Å²) in [5.41, 5.74) is 2.23. The fourth-order valence-electron chi connectivity index (χ4n) is 2.27. The number of piperazine rings is 1. The molecule has 1 N–H and O–H groups in total. The van der Waals surface area contributed by atoms with E-state index < -0.39 is 0 Å². The Morgan fingerprint density at radius 1 is 1.65 bits per heavy atom. The Morgan fingerprint density at radius 3 is 3.18 bits per heavy atom. The zero-order valence-electron chi connectivity index (χ0n) is 10.4. The summed E-state index contributed by atoms with van der Waals surface area (Å²) in [6, 6.07) is 4.25. The average molecular weight is 233 g/mol. The second-order valence-electron chi connectivity index (χ2n) is 4.38. The number of carbonyl (C=O) groups is 1. The fourth-order valence-corrected chi connectivity index (χ4v) is 2.27. The smallest absolute Gasteiger partial charge is 0.222 e. The first-order valence-corrected chi connectivity index (χ1v) is 6.15. The van der Waals surface area contributed by atoms with Crippen LogP contribution in [0, 0.1) is 6.92 Å². The highest BCUT2D eigenvalue weighted by molar-refractivity contribution is 5.76. The predicted octanol–water partition coefficient (Wildman–Crippen LogP) is 1.27. The Labute approximate surface area is 102 Å². The van der Waals surface area contributed by atoms with Crippen molar-refractivity contribution >= 4 is 5.91 Å². The van der Waals surface area contributed by atoms with Gasteiger partial charge in [0.15, 0.2) is 0 Å². The van der Waals surface area contributed by atoms with Gasteiger partial charge in [0.25, 0.3) is 0 Å². The van der Waals surface area contributed by atoms with E-state index in [-0.39, 0.29) is 11.9 Å². The van der Waals surface area contributed by atoms with E-state index in [1.54, 1.807) is 6.20 Å². The first-order chi connectivity index (χ1) is 8.22. The molecule has 1 aliphatic rings. The van der Waals surface area contributed by atoms with E-state index in [2.05, 4.69) is 16.4 Å². The summed E-state index contributed by atoms with van der Waals surface area (Å²) in [5.74, 6) is 0.234. The minimum atomic E-state index is 0.216. The quantitative estimate of drug-likeness (QED) is 0.836. The molecule has 4 heteroatoms. The Kier molecular flexibility index (Phi) is 3.74. The second kappa shape index (κ2) is 5.27. The number of aryl methyl sites for hydroxylation is 1. The molecule has 1 amide bonds. The van der Waals surface area contributed by atoms with Gasteiger partial charge in [-0.25, -0.2) is 0 Å². The van der Waals surface area contributed by atoms with E-state index in [1.807, 2.05) is 24.8 Å². The molecule has 0 aliphatic carbocycles. The molecule has 1 aromatic heterocycles. The topological polar surface area (TPSA) is 45.2 Å². The van der Waals surface area contributed by atoms with Gasteiger partial charge in [0, 0.05) is 37.9 Å². The third kappa shape index (κ3) is 2.64. The highest BCUT2D eigenvalue weighted by Gasteiger charge is 2.24. The molecule has 0 bridgehead atoms. The van der Waals surface area contributed by atoms with Gasteiger partial charge in [0.05, 0.1) is 6.04 Å². The van der Waals surface area contributed by atoms with Crippen molar-refractivity contribution in [1.82, 2.24) is 15.2 Å². The van der Waals surface area contributed by atoms with Crippen molar-refractivity contribution < 1.29 is 4.79 Å². The molecule has 0 aromatic carbocycles. The maximum absolute atomic E-state index is 11.7. The standard InChI is InChI=1S/C13H19N3O/c1-3-13(17)16-8-7-15-12(9-16)11-5-4-6-14-10(11)2/h4-6,12,15H,3,7-9H2,1-2H3. The minimum absolute atomic E-state index is 0.216. The van der Waals surface area contributed by atoms with Crippen LogP contribution < -0.4 is 5.32 Å². The third-order valence-corrected chi connectivity index (χ3v) is 3.25. The van der Waals surface area contributed by atoms with E-state index in [9.17, 15) is 4.79 Å². The van der Waals surface area contributed by atoms with Crippen LogP contribution in [0.2, 0.25) is 0 Å². The van der Waals surface area contributed by atoms with Crippen LogP contribution in [0.15, 0.2) is 18.3 Å². The van der Waals surface area contributed by atoms with Gasteiger partial charge >= 0.3 is 0 Å². The molecular weight excluding hydrogens is 214 g/mol. The van der Waals surface area contributed by atoms with E-state index >= 15 is 0 Å². The number of nitrogens with zero attached hydrogens (tertiary/aromatic N) is 2. The number of nitrogens with one attached hydrogen (secondary N) is 1. The number of hydrogen-bond donors (Lipinski definition) is 1. The number of rotatable bonds is 2. The van der Waals surface area contributed by atoms with Crippen molar-refractivity contribution in [3.63, 3.8) is 0 Å². The molecule has 1 unspecified atom stereocenters. The maximum Gasteiger partial charge on any atom is 0.222 e. The predicted molar refractivity (Wildman–Crippen MR) is 66.6 cm³/mol. The van der Waals surface area contributed by atoms with Crippen molar-refractivity contribution in [2.75, 3.05) is 19.6 Å². The number of aromatic nitrogens is 1. The van der Waals surface area contributed by atoms with Crippen LogP contribution in [0.4, 0.5) is 0 Å². The molecule has 0 radical (unpaired) electrons. The van der Waals surface area contributed by atoms with Crippen molar-refractivity contribution in [3.05, 3.63) is 29.6 Å². The molecular formula is C13H19N3O. The lowest BCUT2D eigenvalue weighted by molar-refractivity contribution is -0.132. The van der Waals surface area contributed by atoms with Crippen molar-refractivity contribution in [1.29, 1.82) is 0 Å². The van der Waals surface area contributed by atoms with Crippen LogP contribution in [0.25, 0.3) is 0 Å². The lowest BCUT2D eigenvalue weighted by atomic mass is 10.0. The summed E-state index contributed by atoms with van der Waals surface area (Å²) < 4.78 is 0. The van der Waals surface area contributed by atoms with Gasteiger partial charge in [0.2, 0.25) is 5.91 Å². The highest BCUT2D eigenvalue weighted by atomic mass is 16.2. The molecule has 1 saturated heterocycles. The van der Waals surface area contributed by atoms with E-state index in [0.29, 0.717) is 6.42 Å². The lowest BCUT2D eigenvalue weighted by Gasteiger charge is -2.34. The normalized spacial score (nSPS) is 20.4. The second-order valence-corrected chi connectivity index (χ2v) is 4.38. The van der Waals surface area contributed by atoms with Crippen molar-refractivity contribution in [2.45, 2.75) is 26.3 Å². The summed E-state index contributed by atoms with van der Waals surface area (Å²) in [5, 5.41) is 3.45. The molecule has 17 heavy (non-hydrogen) atoms. The Balaban J connectivity index is 2.12. The average Bonchev–Trinajstić information content (AvgIpc) is 2.38. The molecule has 1 aliphatic heterocycles. The summed E-state index contributed by atoms with van der Waals surface area (Å²) in [4.78, 5) is 18.0. The molecule has 92 valence electrons. The van der Waals surface area contributed by atoms with Gasteiger partial charge in [-0.1, -0.05) is 13.0 Å². The van der Waals surface area contributed by atoms with Gasteiger partial charge in [-0.15, -0.1) is 0 Å². The molecule has 1 fully saturated rings. The SMILES string of the molecule is CCC(=O)N1CCNC(c2cccnc2C)C1. The molecule has 1 aromatic rings. The van der Waals surface area contributed by atoms with Crippen LogP contribution in [0.3, 0.4) is 0 Å². The summed E-state index contributed by atoms with van der Waals surface area (Å²) in [6.07, 6.45) is 2.38. The molecule has 0 saturated carbocycles. The van der Waals surface area contributed by atoms with Crippen LogP contribution in [-0.2, 0) is 4.79 Å². The zero-order chi connectivity index (χ0) is 12.3. The van der Waals surface area contributed by atoms with Crippen LogP contribution >= 0.6 is 0 Å². The third-order valence-electron chi connectivity index (χ3n) is 3.25. The molecule has 4 nitrogen and oxygen atoms in total. The largest absolute Gasteiger partial charge is 0.340 e. The van der Waals surface area contributed by atoms with Crippen molar-refractivity contribution in [2.24, 2.45) is 0 Å². The van der Waals surface area contributed by atoms with E-state index in [0.717, 1.165) is 25.3 Å².